The molecule has 14 heavy (non-hydrogen) atoms. The van der Waals surface area contributed by atoms with Crippen molar-refractivity contribution < 1.29 is 8.78 Å². The Kier molecular flexibility index (Phi) is 4.01. The minimum atomic E-state index is -0.517. The Morgan fingerprint density at radius 2 is 1.71 bits per heavy atom. The highest BCUT2D eigenvalue weighted by Gasteiger charge is 2.09. The molecule has 0 aliphatic carbocycles. The number of benzene rings is 1. The van der Waals surface area contributed by atoms with E-state index in [0.29, 0.717) is 5.56 Å². The first-order valence-corrected chi connectivity index (χ1v) is 4.86. The van der Waals surface area contributed by atoms with Crippen LogP contribution in [-0.2, 0) is 0 Å². The minimum absolute atomic E-state index is 0.0326. The lowest BCUT2D eigenvalue weighted by Gasteiger charge is -2.16. The van der Waals surface area contributed by atoms with Crippen molar-refractivity contribution in [1.82, 2.24) is 5.32 Å². The van der Waals surface area contributed by atoms with Gasteiger partial charge in [-0.15, -0.1) is 0 Å². The van der Waals surface area contributed by atoms with Gasteiger partial charge in [-0.1, -0.05) is 13.8 Å². The molecule has 1 rings (SSSR count). The molecule has 1 aromatic carbocycles. The van der Waals surface area contributed by atoms with Gasteiger partial charge in [-0.05, 0) is 30.7 Å². The molecule has 0 aliphatic heterocycles. The van der Waals surface area contributed by atoms with E-state index in [0.717, 1.165) is 19.0 Å². The Bertz CT molecular complexity index is 279. The lowest BCUT2D eigenvalue weighted by Crippen LogP contribution is -2.20. The fraction of sp³-hybridized carbons (Fsp3) is 0.455. The first kappa shape index (κ1) is 11.1. The Morgan fingerprint density at radius 3 is 2.14 bits per heavy atom. The van der Waals surface area contributed by atoms with Crippen molar-refractivity contribution in [2.45, 2.75) is 26.3 Å². The zero-order valence-corrected chi connectivity index (χ0v) is 8.48. The van der Waals surface area contributed by atoms with Gasteiger partial charge in [-0.25, -0.2) is 8.78 Å². The van der Waals surface area contributed by atoms with E-state index in [1.165, 1.54) is 12.1 Å². The summed E-state index contributed by atoms with van der Waals surface area (Å²) in [5.74, 6) is -1.03. The van der Waals surface area contributed by atoms with Crippen LogP contribution in [0.4, 0.5) is 8.78 Å². The van der Waals surface area contributed by atoms with E-state index in [4.69, 9.17) is 0 Å². The summed E-state index contributed by atoms with van der Waals surface area (Å²) in [6.07, 6.45) is 0.816. The smallest absolute Gasteiger partial charge is 0.126 e. The van der Waals surface area contributed by atoms with Crippen LogP contribution in [0.15, 0.2) is 18.2 Å². The summed E-state index contributed by atoms with van der Waals surface area (Å²) in [6, 6.07) is 3.67. The van der Waals surface area contributed by atoms with Crippen LogP contribution in [0.1, 0.15) is 31.9 Å². The molecule has 1 aromatic rings. The van der Waals surface area contributed by atoms with Crippen LogP contribution >= 0.6 is 0 Å². The molecule has 0 unspecified atom stereocenters. The van der Waals surface area contributed by atoms with Gasteiger partial charge >= 0.3 is 0 Å². The predicted octanol–water partition coefficient (Wildman–Crippen LogP) is 3.03. The Balaban J connectivity index is 2.91. The normalized spacial score (nSPS) is 12.9. The van der Waals surface area contributed by atoms with E-state index in [-0.39, 0.29) is 6.04 Å². The lowest BCUT2D eigenvalue weighted by molar-refractivity contribution is 0.520. The van der Waals surface area contributed by atoms with Gasteiger partial charge in [-0.2, -0.15) is 0 Å². The number of halogens is 2. The fourth-order valence-corrected chi connectivity index (χ4v) is 1.52. The lowest BCUT2D eigenvalue weighted by atomic mass is 10.0. The maximum absolute atomic E-state index is 12.9. The second kappa shape index (κ2) is 5.05. The monoisotopic (exact) mass is 199 g/mol. The van der Waals surface area contributed by atoms with Gasteiger partial charge in [0.2, 0.25) is 0 Å². The van der Waals surface area contributed by atoms with Gasteiger partial charge in [0, 0.05) is 12.1 Å². The third-order valence-corrected chi connectivity index (χ3v) is 2.15. The van der Waals surface area contributed by atoms with Crippen LogP contribution < -0.4 is 5.32 Å². The first-order chi connectivity index (χ1) is 6.67. The number of hydrogen-bond acceptors (Lipinski definition) is 1. The van der Waals surface area contributed by atoms with E-state index in [1.807, 2.05) is 13.8 Å². The average molecular weight is 199 g/mol. The highest BCUT2D eigenvalue weighted by atomic mass is 19.1. The summed E-state index contributed by atoms with van der Waals surface area (Å²) in [4.78, 5) is 0. The van der Waals surface area contributed by atoms with Crippen LogP contribution in [0.2, 0.25) is 0 Å². The summed E-state index contributed by atoms with van der Waals surface area (Å²) in [5.41, 5.74) is 0.673. The van der Waals surface area contributed by atoms with Gasteiger partial charge < -0.3 is 5.32 Å². The molecule has 0 amide bonds. The maximum atomic E-state index is 12.9. The van der Waals surface area contributed by atoms with Crippen molar-refractivity contribution in [2.75, 3.05) is 6.54 Å². The molecule has 1 atom stereocenters. The summed E-state index contributed by atoms with van der Waals surface area (Å²) >= 11 is 0. The second-order valence-corrected chi connectivity index (χ2v) is 3.22. The van der Waals surface area contributed by atoms with E-state index in [9.17, 15) is 8.78 Å². The highest BCUT2D eigenvalue weighted by molar-refractivity contribution is 5.21. The molecule has 0 bridgehead atoms. The third-order valence-electron chi connectivity index (χ3n) is 2.15. The molecule has 0 heterocycles. The first-order valence-electron chi connectivity index (χ1n) is 4.86. The molecule has 78 valence electrons. The molecular formula is C11H15F2N. The van der Waals surface area contributed by atoms with Crippen LogP contribution in [0, 0.1) is 11.6 Å². The zero-order chi connectivity index (χ0) is 10.6. The van der Waals surface area contributed by atoms with Crippen molar-refractivity contribution in [3.05, 3.63) is 35.4 Å². The van der Waals surface area contributed by atoms with Crippen LogP contribution in [0.5, 0.6) is 0 Å². The average Bonchev–Trinajstić information content (AvgIpc) is 2.12. The van der Waals surface area contributed by atoms with Crippen molar-refractivity contribution in [1.29, 1.82) is 0 Å². The zero-order valence-electron chi connectivity index (χ0n) is 8.48. The third kappa shape index (κ3) is 2.77. The van der Waals surface area contributed by atoms with Gasteiger partial charge in [0.25, 0.3) is 0 Å². The summed E-state index contributed by atoms with van der Waals surface area (Å²) in [6.45, 7) is 4.74. The van der Waals surface area contributed by atoms with Crippen LogP contribution in [-0.4, -0.2) is 6.54 Å². The molecule has 1 nitrogen and oxygen atoms in total. The van der Waals surface area contributed by atoms with Crippen LogP contribution in [0.25, 0.3) is 0 Å². The molecular weight excluding hydrogens is 184 g/mol. The molecule has 0 spiro atoms. The van der Waals surface area contributed by atoms with Crippen LogP contribution in [0.3, 0.4) is 0 Å². The maximum Gasteiger partial charge on any atom is 0.126 e. The van der Waals surface area contributed by atoms with Crippen molar-refractivity contribution in [3.63, 3.8) is 0 Å². The molecule has 0 saturated carbocycles. The number of rotatable bonds is 4. The quantitative estimate of drug-likeness (QED) is 0.786. The van der Waals surface area contributed by atoms with Gasteiger partial charge in [0.05, 0.1) is 0 Å². The molecule has 0 aromatic heterocycles. The summed E-state index contributed by atoms with van der Waals surface area (Å²) < 4.78 is 25.8. The molecule has 0 aliphatic rings. The second-order valence-electron chi connectivity index (χ2n) is 3.22. The minimum Gasteiger partial charge on any atom is -0.310 e. The molecule has 3 heteroatoms. The predicted molar refractivity (Wildman–Crippen MR) is 53.1 cm³/mol. The van der Waals surface area contributed by atoms with E-state index < -0.39 is 11.6 Å². The van der Waals surface area contributed by atoms with Gasteiger partial charge in [0.1, 0.15) is 11.6 Å². The SMILES string of the molecule is CCN[C@@H](CC)c1cc(F)cc(F)c1. The van der Waals surface area contributed by atoms with E-state index in [2.05, 4.69) is 5.32 Å². The fourth-order valence-electron chi connectivity index (χ4n) is 1.52. The van der Waals surface area contributed by atoms with E-state index >= 15 is 0 Å². The number of hydrogen-bond donors (Lipinski definition) is 1. The van der Waals surface area contributed by atoms with Crippen molar-refractivity contribution in [2.24, 2.45) is 0 Å². The molecule has 0 fully saturated rings. The van der Waals surface area contributed by atoms with Gasteiger partial charge in [-0.3, -0.25) is 0 Å². The standard InChI is InChI=1S/C11H15F2N/c1-3-11(14-4-2)8-5-9(12)7-10(13)6-8/h5-7,11,14H,3-4H2,1-2H3/t11-/m0/s1. The topological polar surface area (TPSA) is 12.0 Å². The van der Waals surface area contributed by atoms with Crippen molar-refractivity contribution in [3.8, 4) is 0 Å². The van der Waals surface area contributed by atoms with E-state index in [1.54, 1.807) is 0 Å². The Morgan fingerprint density at radius 1 is 1.14 bits per heavy atom. The number of nitrogens with one attached hydrogen (secondary N) is 1. The van der Waals surface area contributed by atoms with Crippen molar-refractivity contribution >= 4 is 0 Å². The molecule has 1 N–H and O–H groups in total. The largest absolute Gasteiger partial charge is 0.310 e. The molecule has 0 radical (unpaired) electrons. The Hall–Kier alpha value is -0.960. The molecule has 0 saturated heterocycles. The summed E-state index contributed by atoms with van der Waals surface area (Å²) in [5, 5.41) is 3.17. The highest BCUT2D eigenvalue weighted by Crippen LogP contribution is 2.18. The Labute approximate surface area is 83.1 Å². The summed E-state index contributed by atoms with van der Waals surface area (Å²) in [7, 11) is 0. The van der Waals surface area contributed by atoms with Gasteiger partial charge in [0.15, 0.2) is 0 Å².